The zero-order valence-corrected chi connectivity index (χ0v) is 12.4. The lowest BCUT2D eigenvalue weighted by molar-refractivity contribution is -0.109. The lowest BCUT2D eigenvalue weighted by Crippen LogP contribution is -2.07. The number of nitrogens with zero attached hydrogens (tertiary/aromatic N) is 1. The average molecular weight is 338 g/mol. The molecule has 0 amide bonds. The molecule has 0 atom stereocenters. The van der Waals surface area contributed by atoms with Crippen molar-refractivity contribution in [2.24, 2.45) is 0 Å². The molecule has 1 fully saturated rings. The normalized spacial score (nSPS) is 16.1. The van der Waals surface area contributed by atoms with Crippen LogP contribution in [0.2, 0.25) is 0 Å². The van der Waals surface area contributed by atoms with Gasteiger partial charge in [-0.05, 0) is 37.1 Å². The summed E-state index contributed by atoms with van der Waals surface area (Å²) in [7, 11) is 0. The zero-order valence-electron chi connectivity index (χ0n) is 10.0. The minimum Gasteiger partial charge on any atom is -0.383 e. The number of benzene rings is 1. The second kappa shape index (κ2) is 4.61. The van der Waals surface area contributed by atoms with Crippen LogP contribution < -0.4 is 11.1 Å². The number of thiazole rings is 1. The van der Waals surface area contributed by atoms with Crippen molar-refractivity contribution in [3.8, 4) is 0 Å². The van der Waals surface area contributed by atoms with Crippen LogP contribution in [0.3, 0.4) is 0 Å². The summed E-state index contributed by atoms with van der Waals surface area (Å²) >= 11 is 4.85. The van der Waals surface area contributed by atoms with Crippen LogP contribution in [0.1, 0.15) is 17.7 Å². The molecule has 1 saturated carbocycles. The number of hydrogen-bond acceptors (Lipinski definition) is 5. The number of aromatic nitrogens is 1. The van der Waals surface area contributed by atoms with Gasteiger partial charge in [-0.1, -0.05) is 27.3 Å². The first-order chi connectivity index (χ1) is 9.13. The molecule has 98 valence electrons. The first-order valence-electron chi connectivity index (χ1n) is 5.89. The minimum atomic E-state index is -0.360. The smallest absolute Gasteiger partial charge is 0.189 e. The Morgan fingerprint density at radius 2 is 2.05 bits per heavy atom. The topological polar surface area (TPSA) is 68.0 Å². The van der Waals surface area contributed by atoms with Gasteiger partial charge in [-0.15, -0.1) is 0 Å². The fourth-order valence-electron chi connectivity index (χ4n) is 1.93. The second-order valence-electron chi connectivity index (χ2n) is 4.64. The molecule has 19 heavy (non-hydrogen) atoms. The lowest BCUT2D eigenvalue weighted by Gasteiger charge is -2.03. The third-order valence-electron chi connectivity index (χ3n) is 3.22. The van der Waals surface area contributed by atoms with E-state index in [9.17, 15) is 4.79 Å². The van der Waals surface area contributed by atoms with Crippen LogP contribution in [0.15, 0.2) is 28.7 Å². The van der Waals surface area contributed by atoms with Crippen LogP contribution in [0.4, 0.5) is 16.6 Å². The van der Waals surface area contributed by atoms with E-state index in [2.05, 4.69) is 26.2 Å². The first-order valence-corrected chi connectivity index (χ1v) is 7.50. The predicted molar refractivity (Wildman–Crippen MR) is 80.9 cm³/mol. The average Bonchev–Trinajstić information content (AvgIpc) is 3.11. The van der Waals surface area contributed by atoms with E-state index < -0.39 is 0 Å². The number of nitrogens with two attached hydrogens (primary N) is 1. The van der Waals surface area contributed by atoms with E-state index in [1.54, 1.807) is 0 Å². The fourth-order valence-corrected chi connectivity index (χ4v) is 3.31. The molecule has 1 aromatic carbocycles. The maximum Gasteiger partial charge on any atom is 0.189 e. The van der Waals surface area contributed by atoms with E-state index >= 15 is 0 Å². The summed E-state index contributed by atoms with van der Waals surface area (Å²) in [6, 6.07) is 7.81. The van der Waals surface area contributed by atoms with Gasteiger partial charge in [0.05, 0.1) is 10.3 Å². The van der Waals surface area contributed by atoms with Gasteiger partial charge in [0.15, 0.2) is 5.13 Å². The van der Waals surface area contributed by atoms with Gasteiger partial charge in [0.1, 0.15) is 12.1 Å². The van der Waals surface area contributed by atoms with Gasteiger partial charge in [-0.2, -0.15) is 0 Å². The van der Waals surface area contributed by atoms with Crippen LogP contribution in [-0.4, -0.2) is 11.3 Å². The van der Waals surface area contributed by atoms with Crippen molar-refractivity contribution < 1.29 is 4.79 Å². The molecule has 1 aromatic heterocycles. The van der Waals surface area contributed by atoms with E-state index in [1.165, 1.54) is 11.3 Å². The van der Waals surface area contributed by atoms with Crippen molar-refractivity contribution in [3.63, 3.8) is 0 Å². The number of nitrogen functional groups attached to an aromatic ring is 1. The molecule has 4 nitrogen and oxygen atoms in total. The van der Waals surface area contributed by atoms with Gasteiger partial charge in [-0.25, -0.2) is 4.98 Å². The molecule has 2 aromatic rings. The number of halogens is 1. The number of rotatable bonds is 4. The number of carbonyl (C=O) groups is 1. The van der Waals surface area contributed by atoms with Crippen molar-refractivity contribution in [1.82, 2.24) is 4.98 Å². The Labute approximate surface area is 123 Å². The predicted octanol–water partition coefficient (Wildman–Crippen LogP) is 3.46. The summed E-state index contributed by atoms with van der Waals surface area (Å²) in [5.74, 6) is 0.467. The Balaban J connectivity index is 1.85. The number of anilines is 3. The van der Waals surface area contributed by atoms with Crippen molar-refractivity contribution in [1.29, 1.82) is 0 Å². The summed E-state index contributed by atoms with van der Waals surface area (Å²) in [5, 5.41) is 3.93. The van der Waals surface area contributed by atoms with Crippen molar-refractivity contribution in [2.45, 2.75) is 18.3 Å². The molecular weight excluding hydrogens is 326 g/mol. The fraction of sp³-hybridized carbons (Fsp3) is 0.231. The molecule has 6 heteroatoms. The Bertz CT molecular complexity index is 619. The largest absolute Gasteiger partial charge is 0.383 e. The SMILES string of the molecule is Nc1nc(Nc2ccc(Br)cc2)sc1C1(C=O)CC1. The van der Waals surface area contributed by atoms with Gasteiger partial charge in [0, 0.05) is 10.2 Å². The van der Waals surface area contributed by atoms with Gasteiger partial charge >= 0.3 is 0 Å². The van der Waals surface area contributed by atoms with Crippen molar-refractivity contribution >= 4 is 50.2 Å². The zero-order chi connectivity index (χ0) is 13.5. The summed E-state index contributed by atoms with van der Waals surface area (Å²) in [6.45, 7) is 0. The van der Waals surface area contributed by atoms with Crippen LogP contribution >= 0.6 is 27.3 Å². The van der Waals surface area contributed by atoms with Crippen LogP contribution in [0, 0.1) is 0 Å². The lowest BCUT2D eigenvalue weighted by atomic mass is 10.1. The summed E-state index contributed by atoms with van der Waals surface area (Å²) in [5.41, 5.74) is 6.50. The maximum absolute atomic E-state index is 11.1. The molecule has 1 heterocycles. The number of nitrogens with one attached hydrogen (secondary N) is 1. The Morgan fingerprint density at radius 1 is 1.37 bits per heavy atom. The molecule has 0 saturated heterocycles. The second-order valence-corrected chi connectivity index (χ2v) is 6.55. The van der Waals surface area contributed by atoms with Gasteiger partial charge in [0.2, 0.25) is 0 Å². The third kappa shape index (κ3) is 2.37. The number of aldehydes is 1. The van der Waals surface area contributed by atoms with E-state index in [0.717, 1.165) is 39.3 Å². The summed E-state index contributed by atoms with van der Waals surface area (Å²) in [6.07, 6.45) is 2.75. The highest BCUT2D eigenvalue weighted by Gasteiger charge is 2.47. The molecule has 3 N–H and O–H groups in total. The van der Waals surface area contributed by atoms with Crippen LogP contribution in [0.5, 0.6) is 0 Å². The molecule has 1 aliphatic rings. The number of carbonyl (C=O) groups excluding carboxylic acids is 1. The standard InChI is InChI=1S/C13H12BrN3OS/c14-8-1-3-9(4-2-8)16-12-17-11(15)10(19-12)13(7-18)5-6-13/h1-4,7H,5-6,15H2,(H,16,17). The molecule has 0 unspecified atom stereocenters. The van der Waals surface area contributed by atoms with E-state index in [1.807, 2.05) is 24.3 Å². The Kier molecular flexibility index (Phi) is 3.06. The van der Waals surface area contributed by atoms with Crippen molar-refractivity contribution in [2.75, 3.05) is 11.1 Å². The first kappa shape index (κ1) is 12.6. The molecule has 1 aliphatic carbocycles. The minimum absolute atomic E-state index is 0.360. The molecule has 0 radical (unpaired) electrons. The van der Waals surface area contributed by atoms with Crippen LogP contribution in [-0.2, 0) is 10.2 Å². The Hall–Kier alpha value is -1.40. The molecule has 0 aliphatic heterocycles. The highest BCUT2D eigenvalue weighted by Crippen LogP contribution is 2.51. The van der Waals surface area contributed by atoms with Gasteiger partial charge < -0.3 is 15.8 Å². The molecule has 0 bridgehead atoms. The van der Waals surface area contributed by atoms with E-state index in [-0.39, 0.29) is 5.41 Å². The molecule has 0 spiro atoms. The van der Waals surface area contributed by atoms with E-state index in [0.29, 0.717) is 5.82 Å². The quantitative estimate of drug-likeness (QED) is 0.838. The van der Waals surface area contributed by atoms with E-state index in [4.69, 9.17) is 5.73 Å². The monoisotopic (exact) mass is 337 g/mol. The Morgan fingerprint density at radius 3 is 2.63 bits per heavy atom. The molecular formula is C13H12BrN3OS. The van der Waals surface area contributed by atoms with Gasteiger partial charge in [0.25, 0.3) is 0 Å². The molecule has 3 rings (SSSR count). The third-order valence-corrected chi connectivity index (χ3v) is 4.95. The van der Waals surface area contributed by atoms with Gasteiger partial charge in [-0.3, -0.25) is 0 Å². The van der Waals surface area contributed by atoms with Crippen LogP contribution in [0.25, 0.3) is 0 Å². The maximum atomic E-state index is 11.1. The summed E-state index contributed by atoms with van der Waals surface area (Å²) < 4.78 is 1.02. The number of hydrogen-bond donors (Lipinski definition) is 2. The van der Waals surface area contributed by atoms with Crippen molar-refractivity contribution in [3.05, 3.63) is 33.6 Å². The highest BCUT2D eigenvalue weighted by molar-refractivity contribution is 9.10. The summed E-state index contributed by atoms with van der Waals surface area (Å²) in [4.78, 5) is 16.3. The highest BCUT2D eigenvalue weighted by atomic mass is 79.9.